The molecule has 0 aromatic carbocycles. The third kappa shape index (κ3) is 1.56. The van der Waals surface area contributed by atoms with Gasteiger partial charge in [-0.05, 0) is 5.92 Å². The second kappa shape index (κ2) is 3.62. The van der Waals surface area contributed by atoms with Gasteiger partial charge >= 0.3 is 6.03 Å². The van der Waals surface area contributed by atoms with Crippen molar-refractivity contribution in [3.05, 3.63) is 11.8 Å². The fraction of sp³-hybridized carbons (Fsp3) is 0.500. The van der Waals surface area contributed by atoms with Gasteiger partial charge in [-0.15, -0.1) is 0 Å². The largest absolute Gasteiger partial charge is 0.337 e. The van der Waals surface area contributed by atoms with Gasteiger partial charge in [0.15, 0.2) is 0 Å². The molecule has 0 atom stereocenters. The molecule has 0 N–H and O–H groups in total. The van der Waals surface area contributed by atoms with Crippen LogP contribution in [0.5, 0.6) is 0 Å². The van der Waals surface area contributed by atoms with E-state index < -0.39 is 0 Å². The number of amides is 3. The van der Waals surface area contributed by atoms with Crippen LogP contribution >= 0.6 is 0 Å². The monoisotopic (exact) mass is 223 g/mol. The van der Waals surface area contributed by atoms with E-state index in [1.165, 1.54) is 4.90 Å². The number of carbonyl (C=O) groups is 2. The van der Waals surface area contributed by atoms with Gasteiger partial charge in [-0.3, -0.25) is 4.79 Å². The number of likely N-dealkylation sites (N-methyl/N-ethyl adjacent to an activating group) is 1. The number of urea groups is 1. The minimum Gasteiger partial charge on any atom is -0.337 e. The SMILES string of the molecule is CC(C)c1cc(N2C(=O)CN(C)C2=O)on1. The van der Waals surface area contributed by atoms with Gasteiger partial charge in [0, 0.05) is 13.1 Å². The van der Waals surface area contributed by atoms with Crippen LogP contribution in [0.3, 0.4) is 0 Å². The fourth-order valence-electron chi connectivity index (χ4n) is 1.49. The van der Waals surface area contributed by atoms with E-state index in [2.05, 4.69) is 5.16 Å². The fourth-order valence-corrected chi connectivity index (χ4v) is 1.49. The zero-order valence-electron chi connectivity index (χ0n) is 9.43. The lowest BCUT2D eigenvalue weighted by molar-refractivity contribution is -0.116. The van der Waals surface area contributed by atoms with Crippen molar-refractivity contribution in [2.24, 2.45) is 0 Å². The van der Waals surface area contributed by atoms with Crippen LogP contribution < -0.4 is 4.90 Å². The lowest BCUT2D eigenvalue weighted by Gasteiger charge is -2.08. The van der Waals surface area contributed by atoms with Crippen LogP contribution in [0.25, 0.3) is 0 Å². The van der Waals surface area contributed by atoms with Crippen LogP contribution in [-0.2, 0) is 4.79 Å². The molecule has 0 saturated carbocycles. The summed E-state index contributed by atoms with van der Waals surface area (Å²) in [6.07, 6.45) is 0. The van der Waals surface area contributed by atoms with Crippen LogP contribution in [0.2, 0.25) is 0 Å². The van der Waals surface area contributed by atoms with Crippen LogP contribution in [0, 0.1) is 0 Å². The van der Waals surface area contributed by atoms with Gasteiger partial charge in [-0.2, -0.15) is 4.90 Å². The molecule has 86 valence electrons. The molecule has 16 heavy (non-hydrogen) atoms. The van der Waals surface area contributed by atoms with E-state index in [0.29, 0.717) is 0 Å². The lowest BCUT2D eigenvalue weighted by Crippen LogP contribution is -2.31. The average molecular weight is 223 g/mol. The number of anilines is 1. The Hall–Kier alpha value is -1.85. The second-order valence-corrected chi connectivity index (χ2v) is 4.11. The highest BCUT2D eigenvalue weighted by Gasteiger charge is 2.37. The smallest absolute Gasteiger partial charge is 0.334 e. The number of carbonyl (C=O) groups excluding carboxylic acids is 2. The molecule has 0 unspecified atom stereocenters. The van der Waals surface area contributed by atoms with Crippen molar-refractivity contribution in [2.45, 2.75) is 19.8 Å². The molecule has 1 fully saturated rings. The molecule has 0 spiro atoms. The molecule has 3 amide bonds. The summed E-state index contributed by atoms with van der Waals surface area (Å²) in [4.78, 5) is 25.5. The summed E-state index contributed by atoms with van der Waals surface area (Å²) < 4.78 is 5.01. The minimum atomic E-state index is -0.378. The highest BCUT2D eigenvalue weighted by molar-refractivity contribution is 6.18. The lowest BCUT2D eigenvalue weighted by atomic mass is 10.1. The first-order chi connectivity index (χ1) is 7.50. The molecule has 0 radical (unpaired) electrons. The standard InChI is InChI=1S/C10H13N3O3/c1-6(2)7-4-9(16-11-7)13-8(14)5-12(3)10(13)15/h4,6H,5H2,1-3H3. The first-order valence-electron chi connectivity index (χ1n) is 5.05. The van der Waals surface area contributed by atoms with Crippen molar-refractivity contribution in [1.29, 1.82) is 0 Å². The Balaban J connectivity index is 2.30. The maximum atomic E-state index is 11.6. The summed E-state index contributed by atoms with van der Waals surface area (Å²) in [5.74, 6) is 0.102. The van der Waals surface area contributed by atoms with Crippen molar-refractivity contribution >= 4 is 17.8 Å². The van der Waals surface area contributed by atoms with Gasteiger partial charge < -0.3 is 9.42 Å². The Kier molecular flexibility index (Phi) is 2.41. The Morgan fingerprint density at radius 3 is 2.56 bits per heavy atom. The van der Waals surface area contributed by atoms with E-state index >= 15 is 0 Å². The van der Waals surface area contributed by atoms with Gasteiger partial charge in [0.1, 0.15) is 6.54 Å². The van der Waals surface area contributed by atoms with E-state index in [4.69, 9.17) is 4.52 Å². The summed E-state index contributed by atoms with van der Waals surface area (Å²) in [6, 6.07) is 1.25. The van der Waals surface area contributed by atoms with Gasteiger partial charge in [0.2, 0.25) is 5.88 Å². The maximum Gasteiger partial charge on any atom is 0.334 e. The van der Waals surface area contributed by atoms with Crippen molar-refractivity contribution in [3.8, 4) is 0 Å². The number of nitrogens with zero attached hydrogens (tertiary/aromatic N) is 3. The Labute approximate surface area is 92.8 Å². The van der Waals surface area contributed by atoms with Crippen molar-refractivity contribution in [1.82, 2.24) is 10.1 Å². The third-order valence-electron chi connectivity index (χ3n) is 2.47. The molecular weight excluding hydrogens is 210 g/mol. The molecule has 1 aromatic heterocycles. The molecule has 2 rings (SSSR count). The third-order valence-corrected chi connectivity index (χ3v) is 2.47. The summed E-state index contributed by atoms with van der Waals surface area (Å²) >= 11 is 0. The van der Waals surface area contributed by atoms with Crippen LogP contribution in [0.4, 0.5) is 10.7 Å². The van der Waals surface area contributed by atoms with Gasteiger partial charge in [0.05, 0.1) is 5.69 Å². The Bertz CT molecular complexity index is 438. The van der Waals surface area contributed by atoms with E-state index in [0.717, 1.165) is 10.6 Å². The van der Waals surface area contributed by atoms with E-state index in [1.807, 2.05) is 13.8 Å². The average Bonchev–Trinajstić information content (AvgIpc) is 2.74. The van der Waals surface area contributed by atoms with Gasteiger partial charge in [-0.1, -0.05) is 19.0 Å². The van der Waals surface area contributed by atoms with Crippen LogP contribution in [0.15, 0.2) is 10.6 Å². The zero-order valence-corrected chi connectivity index (χ0v) is 9.43. The number of hydrogen-bond donors (Lipinski definition) is 0. The molecular formula is C10H13N3O3. The van der Waals surface area contributed by atoms with Gasteiger partial charge in [0.25, 0.3) is 5.91 Å². The number of rotatable bonds is 2. The summed E-state index contributed by atoms with van der Waals surface area (Å²) in [5, 5.41) is 3.81. The van der Waals surface area contributed by atoms with Crippen molar-refractivity contribution < 1.29 is 14.1 Å². The molecule has 0 aliphatic carbocycles. The highest BCUT2D eigenvalue weighted by atomic mass is 16.5. The van der Waals surface area contributed by atoms with Crippen molar-refractivity contribution in [3.63, 3.8) is 0 Å². The maximum absolute atomic E-state index is 11.6. The number of imide groups is 1. The van der Waals surface area contributed by atoms with Crippen LogP contribution in [-0.4, -0.2) is 35.6 Å². The van der Waals surface area contributed by atoms with Gasteiger partial charge in [-0.25, -0.2) is 4.79 Å². The molecule has 1 aliphatic rings. The quantitative estimate of drug-likeness (QED) is 0.706. The highest BCUT2D eigenvalue weighted by Crippen LogP contribution is 2.24. The zero-order chi connectivity index (χ0) is 11.9. The van der Waals surface area contributed by atoms with E-state index in [-0.39, 0.29) is 30.3 Å². The molecule has 1 aromatic rings. The minimum absolute atomic E-state index is 0.0799. The first-order valence-corrected chi connectivity index (χ1v) is 5.05. The van der Waals surface area contributed by atoms with E-state index in [9.17, 15) is 9.59 Å². The number of hydrogen-bond acceptors (Lipinski definition) is 4. The normalized spacial score (nSPS) is 16.8. The summed E-state index contributed by atoms with van der Waals surface area (Å²) in [5.41, 5.74) is 0.727. The Morgan fingerprint density at radius 1 is 1.44 bits per heavy atom. The summed E-state index contributed by atoms with van der Waals surface area (Å²) in [6.45, 7) is 4.00. The first kappa shape index (κ1) is 10.7. The second-order valence-electron chi connectivity index (χ2n) is 4.11. The topological polar surface area (TPSA) is 66.7 Å². The predicted octanol–water partition coefficient (Wildman–Crippen LogP) is 1.20. The Morgan fingerprint density at radius 2 is 2.12 bits per heavy atom. The number of aromatic nitrogens is 1. The summed E-state index contributed by atoms with van der Waals surface area (Å²) in [7, 11) is 1.57. The molecule has 6 nitrogen and oxygen atoms in total. The molecule has 2 heterocycles. The molecule has 0 bridgehead atoms. The molecule has 6 heteroatoms. The van der Waals surface area contributed by atoms with Crippen molar-refractivity contribution in [2.75, 3.05) is 18.5 Å². The molecule has 1 aliphatic heterocycles. The predicted molar refractivity (Wildman–Crippen MR) is 56.1 cm³/mol. The molecule has 1 saturated heterocycles. The van der Waals surface area contributed by atoms with Crippen LogP contribution in [0.1, 0.15) is 25.5 Å². The van der Waals surface area contributed by atoms with E-state index in [1.54, 1.807) is 13.1 Å².